The van der Waals surface area contributed by atoms with Crippen molar-refractivity contribution in [2.45, 2.75) is 53.3 Å². The Labute approximate surface area is 172 Å². The molecule has 4 heteroatoms. The lowest BCUT2D eigenvalue weighted by atomic mass is 9.92. The van der Waals surface area contributed by atoms with Crippen molar-refractivity contribution in [3.05, 3.63) is 53.3 Å². The number of thiophene rings is 1. The Kier molecular flexibility index (Phi) is 4.67. The predicted octanol–water partition coefficient (Wildman–Crippen LogP) is 6.80. The van der Waals surface area contributed by atoms with E-state index in [2.05, 4.69) is 82.7 Å². The number of benzene rings is 2. The highest BCUT2D eigenvalue weighted by Gasteiger charge is 2.25. The van der Waals surface area contributed by atoms with E-state index < -0.39 is 8.07 Å². The molecule has 0 bridgehead atoms. The summed E-state index contributed by atoms with van der Waals surface area (Å²) in [6.45, 7) is 16.2. The van der Waals surface area contributed by atoms with E-state index in [4.69, 9.17) is 4.98 Å². The average Bonchev–Trinajstić information content (AvgIpc) is 2.97. The Morgan fingerprint density at radius 2 is 1.71 bits per heavy atom. The van der Waals surface area contributed by atoms with Crippen LogP contribution in [-0.4, -0.2) is 18.0 Å². The van der Waals surface area contributed by atoms with Crippen LogP contribution >= 0.6 is 11.3 Å². The highest BCUT2D eigenvalue weighted by molar-refractivity contribution is 7.32. The van der Waals surface area contributed by atoms with Crippen LogP contribution in [0.2, 0.25) is 19.6 Å². The molecule has 4 aromatic rings. The van der Waals surface area contributed by atoms with Crippen LogP contribution in [0.1, 0.15) is 36.5 Å². The molecule has 0 aliphatic heterocycles. The van der Waals surface area contributed by atoms with E-state index in [1.807, 2.05) is 11.3 Å². The Bertz CT molecular complexity index is 1200. The Balaban J connectivity index is 2.04. The van der Waals surface area contributed by atoms with Gasteiger partial charge in [-0.15, -0.1) is 11.3 Å². The van der Waals surface area contributed by atoms with Crippen LogP contribution < -0.4 is 4.50 Å². The summed E-state index contributed by atoms with van der Waals surface area (Å²) < 4.78 is 2.77. The van der Waals surface area contributed by atoms with Gasteiger partial charge < -0.3 is 0 Å². The molecule has 2 heterocycles. The molecule has 0 aliphatic carbocycles. The van der Waals surface area contributed by atoms with Gasteiger partial charge in [0.1, 0.15) is 6.33 Å². The number of fused-ring (bicyclic) bond motifs is 2. The van der Waals surface area contributed by atoms with Gasteiger partial charge >= 0.3 is 0 Å². The van der Waals surface area contributed by atoms with Crippen LogP contribution in [0.5, 0.6) is 0 Å². The molecular weight excluding hydrogens is 376 g/mol. The van der Waals surface area contributed by atoms with Crippen LogP contribution in [-0.2, 0) is 0 Å². The molecule has 2 aromatic heterocycles. The Morgan fingerprint density at radius 1 is 0.964 bits per heavy atom. The van der Waals surface area contributed by atoms with Crippen molar-refractivity contribution in [3.63, 3.8) is 0 Å². The lowest BCUT2D eigenvalue weighted by Gasteiger charge is -2.14. The van der Waals surface area contributed by atoms with Gasteiger partial charge in [0, 0.05) is 5.56 Å². The maximum atomic E-state index is 4.76. The highest BCUT2D eigenvalue weighted by Crippen LogP contribution is 2.36. The third-order valence-corrected chi connectivity index (χ3v) is 10.4. The predicted molar refractivity (Wildman–Crippen MR) is 127 cm³/mol. The molecule has 0 unspecified atom stereocenters. The van der Waals surface area contributed by atoms with Crippen LogP contribution in [0.15, 0.2) is 36.7 Å². The van der Waals surface area contributed by atoms with Crippen LogP contribution in [0.3, 0.4) is 0 Å². The molecule has 0 N–H and O–H groups in total. The second-order valence-electron chi connectivity index (χ2n) is 9.15. The normalized spacial score (nSPS) is 12.4. The SMILES string of the molecule is Cc1ccc2c(C(C)C)cc(-c3ncnc4c(C)c([Si](C)(C)C)sc34)cc2c1. The molecule has 0 atom stereocenters. The summed E-state index contributed by atoms with van der Waals surface area (Å²) in [5.41, 5.74) is 7.44. The summed E-state index contributed by atoms with van der Waals surface area (Å²) in [4.78, 5) is 9.41. The molecule has 2 nitrogen and oxygen atoms in total. The Morgan fingerprint density at radius 3 is 2.39 bits per heavy atom. The molecule has 0 saturated carbocycles. The molecule has 0 amide bonds. The van der Waals surface area contributed by atoms with Crippen molar-refractivity contribution in [1.29, 1.82) is 0 Å². The number of hydrogen-bond acceptors (Lipinski definition) is 3. The number of hydrogen-bond donors (Lipinski definition) is 0. The number of rotatable bonds is 3. The fourth-order valence-corrected chi connectivity index (χ4v) is 7.88. The maximum absolute atomic E-state index is 4.76. The maximum Gasteiger partial charge on any atom is 0.116 e. The van der Waals surface area contributed by atoms with E-state index in [-0.39, 0.29) is 0 Å². The average molecular weight is 405 g/mol. The number of nitrogens with zero attached hydrogens (tertiary/aromatic N) is 2. The lowest BCUT2D eigenvalue weighted by Crippen LogP contribution is -2.36. The van der Waals surface area contributed by atoms with Crippen LogP contribution in [0.4, 0.5) is 0 Å². The fraction of sp³-hybridized carbons (Fsp3) is 0.333. The molecule has 0 radical (unpaired) electrons. The third-order valence-electron chi connectivity index (χ3n) is 5.42. The molecule has 2 aromatic carbocycles. The van der Waals surface area contributed by atoms with Gasteiger partial charge in [0.25, 0.3) is 0 Å². The van der Waals surface area contributed by atoms with Gasteiger partial charge in [0.05, 0.1) is 24.0 Å². The van der Waals surface area contributed by atoms with Crippen LogP contribution in [0, 0.1) is 13.8 Å². The molecule has 0 saturated heterocycles. The van der Waals surface area contributed by atoms with E-state index in [1.54, 1.807) is 6.33 Å². The van der Waals surface area contributed by atoms with Gasteiger partial charge in [-0.1, -0.05) is 57.3 Å². The zero-order chi connectivity index (χ0) is 20.2. The monoisotopic (exact) mass is 404 g/mol. The van der Waals surface area contributed by atoms with Crippen molar-refractivity contribution in [2.75, 3.05) is 0 Å². The number of aromatic nitrogens is 2. The first-order chi connectivity index (χ1) is 13.2. The number of aryl methyl sites for hydroxylation is 2. The zero-order valence-electron chi connectivity index (χ0n) is 17.8. The summed E-state index contributed by atoms with van der Waals surface area (Å²) >= 11 is 1.91. The first-order valence-corrected chi connectivity index (χ1v) is 14.3. The summed E-state index contributed by atoms with van der Waals surface area (Å²) in [5, 5.41) is 2.64. The lowest BCUT2D eigenvalue weighted by molar-refractivity contribution is 0.876. The Hall–Kier alpha value is -2.04. The second kappa shape index (κ2) is 6.78. The summed E-state index contributed by atoms with van der Waals surface area (Å²) in [5.74, 6) is 0.463. The van der Waals surface area contributed by atoms with Gasteiger partial charge in [-0.2, -0.15) is 0 Å². The summed E-state index contributed by atoms with van der Waals surface area (Å²) in [6, 6.07) is 11.4. The second-order valence-corrected chi connectivity index (χ2v) is 15.5. The largest absolute Gasteiger partial charge is 0.235 e. The first kappa shape index (κ1) is 19.3. The van der Waals surface area contributed by atoms with Gasteiger partial charge in [0.2, 0.25) is 0 Å². The minimum absolute atomic E-state index is 0.463. The third kappa shape index (κ3) is 3.19. The molecule has 0 spiro atoms. The first-order valence-electron chi connectivity index (χ1n) is 9.96. The zero-order valence-corrected chi connectivity index (χ0v) is 19.7. The minimum Gasteiger partial charge on any atom is -0.235 e. The standard InChI is InChI=1S/C24H28N2SSi/c1-14(2)20-12-18(11-17-10-15(3)8-9-19(17)20)22-23-21(25-13-26-22)16(4)24(27-23)28(5,6)7/h8-14H,1-7H3. The summed E-state index contributed by atoms with van der Waals surface area (Å²) in [7, 11) is -1.41. The van der Waals surface area contributed by atoms with Crippen molar-refractivity contribution in [1.82, 2.24) is 9.97 Å². The minimum atomic E-state index is -1.41. The topological polar surface area (TPSA) is 25.8 Å². The van der Waals surface area contributed by atoms with E-state index in [1.165, 1.54) is 42.2 Å². The van der Waals surface area contributed by atoms with E-state index in [0.717, 1.165) is 11.2 Å². The molecule has 28 heavy (non-hydrogen) atoms. The molecule has 0 aliphatic rings. The quantitative estimate of drug-likeness (QED) is 0.351. The van der Waals surface area contributed by atoms with Gasteiger partial charge in [0.15, 0.2) is 0 Å². The van der Waals surface area contributed by atoms with Crippen LogP contribution in [0.25, 0.3) is 32.2 Å². The highest BCUT2D eigenvalue weighted by atomic mass is 32.1. The van der Waals surface area contributed by atoms with E-state index >= 15 is 0 Å². The van der Waals surface area contributed by atoms with Crippen molar-refractivity contribution >= 4 is 44.9 Å². The molecule has 144 valence electrons. The summed E-state index contributed by atoms with van der Waals surface area (Å²) in [6.07, 6.45) is 1.74. The van der Waals surface area contributed by atoms with Crippen molar-refractivity contribution < 1.29 is 0 Å². The van der Waals surface area contributed by atoms with E-state index in [9.17, 15) is 0 Å². The smallest absolute Gasteiger partial charge is 0.116 e. The molecular formula is C24H28N2SSi. The molecule has 4 rings (SSSR count). The van der Waals surface area contributed by atoms with Gasteiger partial charge in [-0.25, -0.2) is 9.97 Å². The van der Waals surface area contributed by atoms with Crippen molar-refractivity contribution in [2.24, 2.45) is 0 Å². The molecule has 0 fully saturated rings. The van der Waals surface area contributed by atoms with Crippen molar-refractivity contribution in [3.8, 4) is 11.3 Å². The van der Waals surface area contributed by atoms with Gasteiger partial charge in [-0.3, -0.25) is 0 Å². The fourth-order valence-electron chi connectivity index (χ4n) is 4.08. The van der Waals surface area contributed by atoms with E-state index in [0.29, 0.717) is 5.92 Å². The van der Waals surface area contributed by atoms with Gasteiger partial charge in [-0.05, 0) is 58.3 Å².